The molecule has 1 aromatic rings. The lowest BCUT2D eigenvalue weighted by atomic mass is 9.72. The Balaban J connectivity index is 2.02. The minimum atomic E-state index is 0.709. The van der Waals surface area contributed by atoms with Gasteiger partial charge in [-0.2, -0.15) is 0 Å². The average molecular weight is 330 g/mol. The maximum atomic E-state index is 3.57. The van der Waals surface area contributed by atoms with Crippen LogP contribution in [0.4, 0.5) is 0 Å². The molecule has 0 radical (unpaired) electrons. The van der Waals surface area contributed by atoms with Crippen molar-refractivity contribution >= 4 is 27.3 Å². The van der Waals surface area contributed by atoms with E-state index in [-0.39, 0.29) is 0 Å². The number of rotatable bonds is 4. The summed E-state index contributed by atoms with van der Waals surface area (Å²) in [6.45, 7) is 4.76. The molecular weight excluding hydrogens is 306 g/mol. The summed E-state index contributed by atoms with van der Waals surface area (Å²) in [5.41, 5.74) is 0. The molecule has 3 unspecified atom stereocenters. The zero-order valence-corrected chi connectivity index (χ0v) is 14.0. The number of thiophene rings is 1. The van der Waals surface area contributed by atoms with Crippen LogP contribution in [0.1, 0.15) is 38.0 Å². The van der Waals surface area contributed by atoms with Crippen molar-refractivity contribution in [3.63, 3.8) is 0 Å². The van der Waals surface area contributed by atoms with Gasteiger partial charge in [0.1, 0.15) is 0 Å². The van der Waals surface area contributed by atoms with Gasteiger partial charge in [0, 0.05) is 10.9 Å². The number of halogens is 1. The SMILES string of the molecule is CNC1CCC(C(C)C)CC1Cc1ccc(Br)s1. The second kappa shape index (κ2) is 6.53. The standard InChI is InChI=1S/C15H24BrNS/c1-10(2)11-4-6-14(17-3)12(8-11)9-13-5-7-15(16)18-13/h5,7,10-12,14,17H,4,6,8-9H2,1-3H3. The van der Waals surface area contributed by atoms with Crippen molar-refractivity contribution in [2.75, 3.05) is 7.05 Å². The Morgan fingerprint density at radius 3 is 2.72 bits per heavy atom. The molecule has 3 atom stereocenters. The van der Waals surface area contributed by atoms with Crippen molar-refractivity contribution in [3.05, 3.63) is 20.8 Å². The third kappa shape index (κ3) is 3.58. The quantitative estimate of drug-likeness (QED) is 0.843. The van der Waals surface area contributed by atoms with E-state index >= 15 is 0 Å². The molecule has 0 aliphatic heterocycles. The first kappa shape index (κ1) is 14.5. The molecule has 0 saturated heterocycles. The first-order valence-corrected chi connectivity index (χ1v) is 8.62. The van der Waals surface area contributed by atoms with Crippen molar-refractivity contribution in [3.8, 4) is 0 Å². The molecule has 0 amide bonds. The lowest BCUT2D eigenvalue weighted by Crippen LogP contribution is -2.40. The van der Waals surface area contributed by atoms with Gasteiger partial charge in [0.25, 0.3) is 0 Å². The predicted molar refractivity (Wildman–Crippen MR) is 84.2 cm³/mol. The summed E-state index contributed by atoms with van der Waals surface area (Å²) < 4.78 is 1.26. The second-order valence-electron chi connectivity index (χ2n) is 5.88. The fourth-order valence-electron chi connectivity index (χ4n) is 3.23. The summed E-state index contributed by atoms with van der Waals surface area (Å²) in [5.74, 6) is 2.56. The summed E-state index contributed by atoms with van der Waals surface area (Å²) in [7, 11) is 2.12. The molecule has 0 aromatic carbocycles. The van der Waals surface area contributed by atoms with Crippen molar-refractivity contribution in [1.29, 1.82) is 0 Å². The van der Waals surface area contributed by atoms with Gasteiger partial charge in [0.2, 0.25) is 0 Å². The first-order valence-electron chi connectivity index (χ1n) is 7.01. The van der Waals surface area contributed by atoms with Crippen molar-refractivity contribution < 1.29 is 0 Å². The molecule has 1 nitrogen and oxygen atoms in total. The molecule has 1 heterocycles. The van der Waals surface area contributed by atoms with E-state index in [4.69, 9.17) is 0 Å². The van der Waals surface area contributed by atoms with E-state index in [0.29, 0.717) is 6.04 Å². The highest BCUT2D eigenvalue weighted by Gasteiger charge is 2.31. The van der Waals surface area contributed by atoms with Crippen molar-refractivity contribution in [1.82, 2.24) is 5.32 Å². The molecule has 1 N–H and O–H groups in total. The fourth-order valence-corrected chi connectivity index (χ4v) is 4.81. The van der Waals surface area contributed by atoms with Gasteiger partial charge >= 0.3 is 0 Å². The highest BCUT2D eigenvalue weighted by Crippen LogP contribution is 2.36. The van der Waals surface area contributed by atoms with Gasteiger partial charge in [-0.05, 0) is 78.5 Å². The Bertz CT molecular complexity index is 374. The van der Waals surface area contributed by atoms with Gasteiger partial charge in [-0.3, -0.25) is 0 Å². The maximum Gasteiger partial charge on any atom is 0.0701 e. The van der Waals surface area contributed by atoms with Crippen LogP contribution in [-0.2, 0) is 6.42 Å². The Kier molecular flexibility index (Phi) is 5.28. The van der Waals surface area contributed by atoms with Gasteiger partial charge < -0.3 is 5.32 Å². The highest BCUT2D eigenvalue weighted by atomic mass is 79.9. The Hall–Kier alpha value is 0.140. The molecule has 1 aliphatic carbocycles. The molecule has 0 bridgehead atoms. The van der Waals surface area contributed by atoms with Crippen molar-refractivity contribution in [2.24, 2.45) is 17.8 Å². The summed E-state index contributed by atoms with van der Waals surface area (Å²) >= 11 is 5.46. The summed E-state index contributed by atoms with van der Waals surface area (Å²) in [6.07, 6.45) is 5.37. The topological polar surface area (TPSA) is 12.0 Å². The summed E-state index contributed by atoms with van der Waals surface area (Å²) in [6, 6.07) is 5.17. The van der Waals surface area contributed by atoms with E-state index in [1.165, 1.54) is 34.3 Å². The van der Waals surface area contributed by atoms with Crippen LogP contribution in [0.2, 0.25) is 0 Å². The second-order valence-corrected chi connectivity index (χ2v) is 8.43. The van der Waals surface area contributed by atoms with Gasteiger partial charge in [-0.1, -0.05) is 13.8 Å². The van der Waals surface area contributed by atoms with Gasteiger partial charge in [-0.25, -0.2) is 0 Å². The van der Waals surface area contributed by atoms with E-state index in [2.05, 4.69) is 54.3 Å². The van der Waals surface area contributed by atoms with E-state index in [1.54, 1.807) is 0 Å². The molecule has 1 fully saturated rings. The van der Waals surface area contributed by atoms with Crippen LogP contribution in [0, 0.1) is 17.8 Å². The Morgan fingerprint density at radius 1 is 1.39 bits per heavy atom. The molecule has 2 rings (SSSR count). The minimum absolute atomic E-state index is 0.709. The minimum Gasteiger partial charge on any atom is -0.317 e. The van der Waals surface area contributed by atoms with Gasteiger partial charge in [-0.15, -0.1) is 11.3 Å². The molecule has 102 valence electrons. The lowest BCUT2D eigenvalue weighted by Gasteiger charge is -2.37. The molecule has 1 saturated carbocycles. The normalized spacial score (nSPS) is 28.8. The third-order valence-electron chi connectivity index (χ3n) is 4.43. The first-order chi connectivity index (χ1) is 8.60. The third-order valence-corrected chi connectivity index (χ3v) is 6.07. The van der Waals surface area contributed by atoms with Crippen LogP contribution >= 0.6 is 27.3 Å². The van der Waals surface area contributed by atoms with E-state index < -0.39 is 0 Å². The van der Waals surface area contributed by atoms with E-state index in [0.717, 1.165) is 17.8 Å². The van der Waals surface area contributed by atoms with E-state index in [9.17, 15) is 0 Å². The maximum absolute atomic E-state index is 3.57. The predicted octanol–water partition coefficient (Wildman–Crippen LogP) is 4.71. The van der Waals surface area contributed by atoms with Crippen molar-refractivity contribution in [2.45, 2.75) is 45.6 Å². The van der Waals surface area contributed by atoms with Gasteiger partial charge in [0.05, 0.1) is 3.79 Å². The summed E-state index contributed by atoms with van der Waals surface area (Å²) in [4.78, 5) is 1.52. The van der Waals surface area contributed by atoms with Crippen LogP contribution in [-0.4, -0.2) is 13.1 Å². The largest absolute Gasteiger partial charge is 0.317 e. The van der Waals surface area contributed by atoms with Crippen LogP contribution in [0.25, 0.3) is 0 Å². The molecule has 1 aromatic heterocycles. The smallest absolute Gasteiger partial charge is 0.0701 e. The zero-order chi connectivity index (χ0) is 13.1. The summed E-state index contributed by atoms with van der Waals surface area (Å²) in [5, 5.41) is 3.53. The number of nitrogens with one attached hydrogen (secondary N) is 1. The molecule has 18 heavy (non-hydrogen) atoms. The zero-order valence-electron chi connectivity index (χ0n) is 11.6. The Labute approximate surface area is 123 Å². The highest BCUT2D eigenvalue weighted by molar-refractivity contribution is 9.11. The van der Waals surface area contributed by atoms with Gasteiger partial charge in [0.15, 0.2) is 0 Å². The molecule has 3 heteroatoms. The van der Waals surface area contributed by atoms with Crippen LogP contribution in [0.5, 0.6) is 0 Å². The van der Waals surface area contributed by atoms with Crippen LogP contribution < -0.4 is 5.32 Å². The molecule has 1 aliphatic rings. The molecular formula is C15H24BrNS. The Morgan fingerprint density at radius 2 is 2.17 bits per heavy atom. The number of hydrogen-bond donors (Lipinski definition) is 1. The van der Waals surface area contributed by atoms with E-state index in [1.807, 2.05) is 11.3 Å². The fraction of sp³-hybridized carbons (Fsp3) is 0.733. The van der Waals surface area contributed by atoms with Crippen LogP contribution in [0.3, 0.4) is 0 Å². The number of hydrogen-bond acceptors (Lipinski definition) is 2. The lowest BCUT2D eigenvalue weighted by molar-refractivity contribution is 0.173. The molecule has 0 spiro atoms. The monoisotopic (exact) mass is 329 g/mol. The van der Waals surface area contributed by atoms with Crippen LogP contribution in [0.15, 0.2) is 15.9 Å². The average Bonchev–Trinajstić information content (AvgIpc) is 2.74.